The summed E-state index contributed by atoms with van der Waals surface area (Å²) in [6.07, 6.45) is -2.31. The molecule has 1 nitrogen and oxygen atoms in total. The highest BCUT2D eigenvalue weighted by atomic mass is 19.4. The average Bonchev–Trinajstić information content (AvgIpc) is 2.25. The van der Waals surface area contributed by atoms with Crippen LogP contribution in [0.1, 0.15) is 54.4 Å². The van der Waals surface area contributed by atoms with E-state index in [1.54, 1.807) is 0 Å². The third-order valence-electron chi connectivity index (χ3n) is 2.61. The first kappa shape index (κ1) is 19.1. The van der Waals surface area contributed by atoms with Crippen LogP contribution in [-0.2, 0) is 0 Å². The molecule has 17 heavy (non-hydrogen) atoms. The predicted octanol–water partition coefficient (Wildman–Crippen LogP) is 4.72. The number of alkyl halides is 3. The van der Waals surface area contributed by atoms with E-state index in [-0.39, 0.29) is 5.41 Å². The third kappa shape index (κ3) is 10.6. The summed E-state index contributed by atoms with van der Waals surface area (Å²) in [5.74, 6) is 0. The summed E-state index contributed by atoms with van der Waals surface area (Å²) in [6.45, 7) is 12.6. The third-order valence-corrected chi connectivity index (χ3v) is 2.61. The maximum Gasteiger partial charge on any atom is 0.401 e. The van der Waals surface area contributed by atoms with Gasteiger partial charge in [-0.05, 0) is 31.3 Å². The van der Waals surface area contributed by atoms with Crippen LogP contribution in [0.4, 0.5) is 13.2 Å². The number of rotatable bonds is 1. The van der Waals surface area contributed by atoms with Crippen LogP contribution in [0.5, 0.6) is 0 Å². The van der Waals surface area contributed by atoms with Gasteiger partial charge in [-0.3, -0.25) is 4.90 Å². The van der Waals surface area contributed by atoms with Crippen molar-refractivity contribution in [2.75, 3.05) is 19.6 Å². The van der Waals surface area contributed by atoms with Gasteiger partial charge in [0, 0.05) is 0 Å². The molecule has 0 N–H and O–H groups in total. The van der Waals surface area contributed by atoms with E-state index in [4.69, 9.17) is 0 Å². The Kier molecular flexibility index (Phi) is 9.87. The Morgan fingerprint density at radius 3 is 1.59 bits per heavy atom. The average molecular weight is 255 g/mol. The standard InChI is InChI=1S/C9H16F3N.2C2H6/c1-8(2)3-5-13(6-4-8)7-9(10,11)12;2*1-2/h3-7H2,1-2H3;2*1-2H3. The number of halogens is 3. The van der Waals surface area contributed by atoms with Crippen molar-refractivity contribution in [2.45, 2.75) is 60.6 Å². The molecule has 0 spiro atoms. The molecule has 0 atom stereocenters. The minimum Gasteiger partial charge on any atom is -0.295 e. The molecule has 1 saturated heterocycles. The van der Waals surface area contributed by atoms with Gasteiger partial charge in [-0.2, -0.15) is 13.2 Å². The molecule has 0 unspecified atom stereocenters. The lowest BCUT2D eigenvalue weighted by Gasteiger charge is -2.37. The Hall–Kier alpha value is -0.250. The van der Waals surface area contributed by atoms with E-state index in [0.29, 0.717) is 13.1 Å². The van der Waals surface area contributed by atoms with Crippen LogP contribution < -0.4 is 0 Å². The lowest BCUT2D eigenvalue weighted by atomic mass is 9.83. The van der Waals surface area contributed by atoms with Crippen molar-refractivity contribution in [1.82, 2.24) is 4.90 Å². The molecule has 0 radical (unpaired) electrons. The Balaban J connectivity index is 0. The van der Waals surface area contributed by atoms with E-state index in [0.717, 1.165) is 12.8 Å². The molecule has 0 aromatic carbocycles. The van der Waals surface area contributed by atoms with Crippen LogP contribution in [0.15, 0.2) is 0 Å². The largest absolute Gasteiger partial charge is 0.401 e. The van der Waals surface area contributed by atoms with Crippen molar-refractivity contribution in [1.29, 1.82) is 0 Å². The number of likely N-dealkylation sites (tertiary alicyclic amines) is 1. The zero-order valence-electron chi connectivity index (χ0n) is 12.1. The van der Waals surface area contributed by atoms with Crippen molar-refractivity contribution in [2.24, 2.45) is 5.41 Å². The molecular weight excluding hydrogens is 227 g/mol. The minimum absolute atomic E-state index is 0.224. The van der Waals surface area contributed by atoms with Crippen LogP contribution in [0.2, 0.25) is 0 Å². The van der Waals surface area contributed by atoms with E-state index >= 15 is 0 Å². The zero-order valence-corrected chi connectivity index (χ0v) is 12.1. The lowest BCUT2D eigenvalue weighted by Crippen LogP contribution is -2.42. The van der Waals surface area contributed by atoms with Crippen molar-refractivity contribution in [3.05, 3.63) is 0 Å². The fourth-order valence-corrected chi connectivity index (χ4v) is 1.57. The summed E-state index contributed by atoms with van der Waals surface area (Å²) < 4.78 is 36.0. The fraction of sp³-hybridized carbons (Fsp3) is 1.00. The highest BCUT2D eigenvalue weighted by Crippen LogP contribution is 2.30. The monoisotopic (exact) mass is 255 g/mol. The second-order valence-electron chi connectivity index (χ2n) is 4.56. The second-order valence-corrected chi connectivity index (χ2v) is 4.56. The highest BCUT2D eigenvalue weighted by molar-refractivity contribution is 4.79. The first-order valence-electron chi connectivity index (χ1n) is 6.58. The second kappa shape index (κ2) is 8.78. The molecule has 0 saturated carbocycles. The van der Waals surface area contributed by atoms with Gasteiger partial charge in [0.05, 0.1) is 6.54 Å². The Morgan fingerprint density at radius 1 is 0.941 bits per heavy atom. The highest BCUT2D eigenvalue weighted by Gasteiger charge is 2.34. The van der Waals surface area contributed by atoms with Gasteiger partial charge in [0.25, 0.3) is 0 Å². The maximum absolute atomic E-state index is 12.0. The lowest BCUT2D eigenvalue weighted by molar-refractivity contribution is -0.150. The molecular formula is C13H28F3N. The number of hydrogen-bond acceptors (Lipinski definition) is 1. The van der Waals surface area contributed by atoms with Gasteiger partial charge >= 0.3 is 6.18 Å². The molecule has 1 heterocycles. The Morgan fingerprint density at radius 2 is 1.29 bits per heavy atom. The van der Waals surface area contributed by atoms with E-state index in [2.05, 4.69) is 13.8 Å². The quantitative estimate of drug-likeness (QED) is 0.655. The van der Waals surface area contributed by atoms with Crippen LogP contribution >= 0.6 is 0 Å². The van der Waals surface area contributed by atoms with E-state index in [1.165, 1.54) is 4.90 Å². The molecule has 1 aliphatic rings. The molecule has 0 amide bonds. The first-order valence-corrected chi connectivity index (χ1v) is 6.58. The van der Waals surface area contributed by atoms with E-state index < -0.39 is 12.7 Å². The van der Waals surface area contributed by atoms with Crippen molar-refractivity contribution >= 4 is 0 Å². The number of hydrogen-bond donors (Lipinski definition) is 0. The van der Waals surface area contributed by atoms with Crippen LogP contribution in [0.25, 0.3) is 0 Å². The van der Waals surface area contributed by atoms with Gasteiger partial charge in [0.15, 0.2) is 0 Å². The summed E-state index contributed by atoms with van der Waals surface area (Å²) >= 11 is 0. The normalized spacial score (nSPS) is 19.6. The molecule has 0 aromatic rings. The Labute approximate surface area is 104 Å². The van der Waals surface area contributed by atoms with Gasteiger partial charge in [-0.1, -0.05) is 41.5 Å². The fourth-order valence-electron chi connectivity index (χ4n) is 1.57. The zero-order chi connectivity index (χ0) is 14.1. The smallest absolute Gasteiger partial charge is 0.295 e. The molecule has 1 rings (SSSR count). The topological polar surface area (TPSA) is 3.24 Å². The number of piperidine rings is 1. The number of nitrogens with zero attached hydrogens (tertiary/aromatic N) is 1. The SMILES string of the molecule is CC.CC.CC1(C)CCN(CC(F)(F)F)CC1. The summed E-state index contributed by atoms with van der Waals surface area (Å²) in [4.78, 5) is 1.49. The van der Waals surface area contributed by atoms with Gasteiger partial charge in [0.2, 0.25) is 0 Å². The molecule has 0 aromatic heterocycles. The van der Waals surface area contributed by atoms with Gasteiger partial charge in [0.1, 0.15) is 0 Å². The summed E-state index contributed by atoms with van der Waals surface area (Å²) in [5.41, 5.74) is 0.224. The minimum atomic E-state index is -4.04. The molecule has 4 heteroatoms. The molecule has 1 aliphatic heterocycles. The van der Waals surface area contributed by atoms with E-state index in [9.17, 15) is 13.2 Å². The summed E-state index contributed by atoms with van der Waals surface area (Å²) in [6, 6.07) is 0. The van der Waals surface area contributed by atoms with Crippen LogP contribution in [0, 0.1) is 5.41 Å². The molecule has 0 aliphatic carbocycles. The Bertz CT molecular complexity index is 166. The van der Waals surface area contributed by atoms with Crippen LogP contribution in [-0.4, -0.2) is 30.7 Å². The van der Waals surface area contributed by atoms with Crippen molar-refractivity contribution in [3.8, 4) is 0 Å². The molecule has 1 fully saturated rings. The molecule has 106 valence electrons. The summed E-state index contributed by atoms with van der Waals surface area (Å²) in [7, 11) is 0. The molecule has 0 bridgehead atoms. The maximum atomic E-state index is 12.0. The van der Waals surface area contributed by atoms with Crippen molar-refractivity contribution < 1.29 is 13.2 Å². The van der Waals surface area contributed by atoms with Crippen molar-refractivity contribution in [3.63, 3.8) is 0 Å². The van der Waals surface area contributed by atoms with Crippen LogP contribution in [0.3, 0.4) is 0 Å². The van der Waals surface area contributed by atoms with Gasteiger partial charge in [-0.25, -0.2) is 0 Å². The predicted molar refractivity (Wildman–Crippen MR) is 68.2 cm³/mol. The van der Waals surface area contributed by atoms with Gasteiger partial charge < -0.3 is 0 Å². The summed E-state index contributed by atoms with van der Waals surface area (Å²) in [5, 5.41) is 0. The van der Waals surface area contributed by atoms with E-state index in [1.807, 2.05) is 27.7 Å². The first-order chi connectivity index (χ1) is 7.79. The van der Waals surface area contributed by atoms with Gasteiger partial charge in [-0.15, -0.1) is 0 Å².